The molecule has 0 unspecified atom stereocenters. The molecule has 424 valence electrons. The van der Waals surface area contributed by atoms with Crippen molar-refractivity contribution in [3.05, 3.63) is 206 Å². The minimum Gasteiger partial charge on any atom is -0.265 e. The molecule has 5 heterocycles. The van der Waals surface area contributed by atoms with E-state index in [4.69, 9.17) is 0 Å². The molecule has 5 aromatic heterocycles. The lowest BCUT2D eigenvalue weighted by atomic mass is 10.2. The number of pyridine rings is 3. The van der Waals surface area contributed by atoms with Gasteiger partial charge in [0.05, 0.1) is 0 Å². The zero-order chi connectivity index (χ0) is 60.1. The van der Waals surface area contributed by atoms with Crippen LogP contribution in [0.15, 0.2) is 157 Å². The molecule has 0 amide bonds. The van der Waals surface area contributed by atoms with E-state index in [0.29, 0.717) is 0 Å². The summed E-state index contributed by atoms with van der Waals surface area (Å²) in [6, 6.07) is 38.5. The highest BCUT2D eigenvalue weighted by atomic mass is 32.1. The highest BCUT2D eigenvalue weighted by Crippen LogP contribution is 2.12. The third-order valence-corrected chi connectivity index (χ3v) is 8.48. The minimum atomic E-state index is 1.07. The Bertz CT molecular complexity index is 1430. The number of aromatic nitrogens is 3. The first-order valence-corrected chi connectivity index (χ1v) is 30.0. The molecule has 3 nitrogen and oxygen atoms in total. The summed E-state index contributed by atoms with van der Waals surface area (Å²) in [5.41, 5.74) is 9.00. The SMILES string of the molecule is CC.CC.CC.CC.CC.CC.CC.CC.CC.CC.CC.CC.Cc1ccccc1.Cc1ccccc1.Cc1ccccn1.Cc1cccnc1.Cc1ccncc1.Cc1ccsc1C.Cc1ccsc1C. The van der Waals surface area contributed by atoms with Gasteiger partial charge in [0.1, 0.15) is 0 Å². The van der Waals surface area contributed by atoms with Gasteiger partial charge in [0.15, 0.2) is 0 Å². The fourth-order valence-corrected chi connectivity index (χ4v) is 4.75. The fourth-order valence-electron chi connectivity index (χ4n) is 3.29. The summed E-state index contributed by atoms with van der Waals surface area (Å²) in [6.45, 7) is 66.7. The minimum absolute atomic E-state index is 1.07. The lowest BCUT2D eigenvalue weighted by Crippen LogP contribution is -1.72. The van der Waals surface area contributed by atoms with Gasteiger partial charge in [-0.25, -0.2) is 0 Å². The summed E-state index contributed by atoms with van der Waals surface area (Å²) in [5.74, 6) is 0. The summed E-state index contributed by atoms with van der Waals surface area (Å²) < 4.78 is 0. The molecule has 5 heteroatoms. The van der Waals surface area contributed by atoms with E-state index in [1.165, 1.54) is 43.1 Å². The lowest BCUT2D eigenvalue weighted by molar-refractivity contribution is 1.20. The van der Waals surface area contributed by atoms with E-state index >= 15 is 0 Å². The van der Waals surface area contributed by atoms with Gasteiger partial charge in [0, 0.05) is 46.4 Å². The monoisotopic (exact) mass is 1050 g/mol. The van der Waals surface area contributed by atoms with E-state index in [-0.39, 0.29) is 0 Å². The highest BCUT2D eigenvalue weighted by molar-refractivity contribution is 7.10. The Hall–Kier alpha value is -4.71. The van der Waals surface area contributed by atoms with Gasteiger partial charge in [0.2, 0.25) is 0 Å². The van der Waals surface area contributed by atoms with Gasteiger partial charge in [0.25, 0.3) is 0 Å². The van der Waals surface area contributed by atoms with Crippen LogP contribution in [0.25, 0.3) is 0 Å². The topological polar surface area (TPSA) is 38.7 Å². The molecule has 2 aromatic carbocycles. The molecule has 0 atom stereocenters. The first-order chi connectivity index (χ1) is 35.6. The van der Waals surface area contributed by atoms with Crippen molar-refractivity contribution in [1.82, 2.24) is 15.0 Å². The molecule has 0 saturated heterocycles. The largest absolute Gasteiger partial charge is 0.265 e. The Morgan fingerprint density at radius 2 is 0.562 bits per heavy atom. The van der Waals surface area contributed by atoms with E-state index in [2.05, 4.69) is 104 Å². The van der Waals surface area contributed by atoms with Crippen LogP contribution in [-0.2, 0) is 0 Å². The molecule has 0 fully saturated rings. The van der Waals surface area contributed by atoms with Gasteiger partial charge in [-0.2, -0.15) is 0 Å². The third-order valence-electron chi connectivity index (χ3n) is 6.59. The van der Waals surface area contributed by atoms with Gasteiger partial charge in [-0.15, -0.1) is 22.7 Å². The number of nitrogens with zero attached hydrogens (tertiary/aromatic N) is 3. The second-order valence-corrected chi connectivity index (χ2v) is 13.4. The summed E-state index contributed by atoms with van der Waals surface area (Å²) in [4.78, 5) is 14.6. The molecule has 7 aromatic rings. The van der Waals surface area contributed by atoms with Gasteiger partial charge in [-0.05, 0) is 138 Å². The first kappa shape index (κ1) is 97.6. The number of rotatable bonds is 0. The zero-order valence-electron chi connectivity index (χ0n) is 54.7. The average Bonchev–Trinajstić information content (AvgIpc) is 4.07. The number of thiophene rings is 2. The maximum absolute atomic E-state index is 3.98. The fraction of sp³-hybridized carbons (Fsp3) is 0.485. The Morgan fingerprint density at radius 3 is 0.685 bits per heavy atom. The van der Waals surface area contributed by atoms with Crippen molar-refractivity contribution in [2.45, 2.75) is 228 Å². The van der Waals surface area contributed by atoms with Crippen molar-refractivity contribution in [2.24, 2.45) is 0 Å². The average molecular weight is 1050 g/mol. The molecule has 0 saturated carbocycles. The Balaban J connectivity index is -0.0000000556. The van der Waals surface area contributed by atoms with Crippen molar-refractivity contribution < 1.29 is 0 Å². The number of hydrogen-bond acceptors (Lipinski definition) is 5. The standard InChI is InChI=1S/2C7H8.3C6H7N.2C6H8S.12C2H6/c2*1-7-5-3-2-4-6-7;1-6-2-4-7-5-3-6;1-6-3-2-4-7-5-6;1-6-4-2-3-5-7-6;2*1-5-3-4-7-6(5)2;12*1-2/h2*2-6H,1H3;3*2-5H,1H3;2*3-4H,1-2H3;12*1-2H3. The Labute approximate surface area is 469 Å². The van der Waals surface area contributed by atoms with Crippen molar-refractivity contribution >= 4 is 22.7 Å². The molecule has 0 aliphatic heterocycles. The third kappa shape index (κ3) is 93.8. The van der Waals surface area contributed by atoms with Gasteiger partial charge >= 0.3 is 0 Å². The van der Waals surface area contributed by atoms with Crippen LogP contribution < -0.4 is 0 Å². The van der Waals surface area contributed by atoms with Crippen LogP contribution in [0.3, 0.4) is 0 Å². The molecular formula is C68H125N3S2. The smallest absolute Gasteiger partial charge is 0.0372 e. The van der Waals surface area contributed by atoms with E-state index in [1.54, 1.807) is 47.5 Å². The van der Waals surface area contributed by atoms with Crippen LogP contribution in [-0.4, -0.2) is 15.0 Å². The van der Waals surface area contributed by atoms with Crippen LogP contribution in [0.5, 0.6) is 0 Å². The van der Waals surface area contributed by atoms with E-state index in [9.17, 15) is 0 Å². The molecule has 0 bridgehead atoms. The number of benzene rings is 2. The predicted octanol–water partition coefficient (Wildman–Crippen LogP) is 25.2. The number of aryl methyl sites for hydroxylation is 9. The Kier molecular flexibility index (Phi) is 139. The van der Waals surface area contributed by atoms with Crippen LogP contribution in [0.4, 0.5) is 0 Å². The second kappa shape index (κ2) is 104. The molecule has 0 aliphatic carbocycles. The van der Waals surface area contributed by atoms with Gasteiger partial charge < -0.3 is 0 Å². The summed E-state index contributed by atoms with van der Waals surface area (Å²) in [7, 11) is 0. The van der Waals surface area contributed by atoms with Crippen LogP contribution in [0.1, 0.15) is 215 Å². The van der Waals surface area contributed by atoms with Crippen molar-refractivity contribution in [1.29, 1.82) is 0 Å². The van der Waals surface area contributed by atoms with Crippen LogP contribution >= 0.6 is 22.7 Å². The molecule has 0 aliphatic rings. The zero-order valence-corrected chi connectivity index (χ0v) is 56.3. The second-order valence-electron chi connectivity index (χ2n) is 11.2. The maximum Gasteiger partial charge on any atom is 0.0372 e. The molecule has 7 rings (SSSR count). The van der Waals surface area contributed by atoms with E-state index in [1.807, 2.05) is 272 Å². The molecular weight excluding hydrogens is 923 g/mol. The van der Waals surface area contributed by atoms with Crippen molar-refractivity contribution in [3.8, 4) is 0 Å². The highest BCUT2D eigenvalue weighted by Gasteiger charge is 1.88. The van der Waals surface area contributed by atoms with E-state index in [0.717, 1.165) is 5.69 Å². The molecule has 0 radical (unpaired) electrons. The quantitative estimate of drug-likeness (QED) is 0.152. The molecule has 0 spiro atoms. The first-order valence-electron chi connectivity index (χ1n) is 28.2. The summed E-state index contributed by atoms with van der Waals surface area (Å²) in [6.07, 6.45) is 8.97. The summed E-state index contributed by atoms with van der Waals surface area (Å²) in [5, 5.41) is 4.23. The van der Waals surface area contributed by atoms with E-state index < -0.39 is 0 Å². The number of hydrogen-bond donors (Lipinski definition) is 0. The van der Waals surface area contributed by atoms with Crippen molar-refractivity contribution in [2.75, 3.05) is 0 Å². The van der Waals surface area contributed by atoms with Crippen molar-refractivity contribution in [3.63, 3.8) is 0 Å². The van der Waals surface area contributed by atoms with Crippen LogP contribution in [0.2, 0.25) is 0 Å². The predicted molar refractivity (Wildman–Crippen MR) is 353 cm³/mol. The summed E-state index contributed by atoms with van der Waals surface area (Å²) >= 11 is 3.61. The van der Waals surface area contributed by atoms with Crippen LogP contribution in [0, 0.1) is 62.3 Å². The molecule has 0 N–H and O–H groups in total. The Morgan fingerprint density at radius 1 is 0.260 bits per heavy atom. The maximum atomic E-state index is 3.98. The van der Waals surface area contributed by atoms with Gasteiger partial charge in [-0.3, -0.25) is 15.0 Å². The lowest BCUT2D eigenvalue weighted by Gasteiger charge is -1.82. The van der Waals surface area contributed by atoms with Gasteiger partial charge in [-0.1, -0.05) is 250 Å². The normalized spacial score (nSPS) is 6.97. The molecule has 73 heavy (non-hydrogen) atoms.